The summed E-state index contributed by atoms with van der Waals surface area (Å²) in [4.78, 5) is 29.1. The lowest BCUT2D eigenvalue weighted by atomic mass is 9.89. The molecule has 1 amide bonds. The number of para-hydroxylation sites is 1. The minimum atomic E-state index is -0.666. The maximum absolute atomic E-state index is 12.6. The molecule has 1 N–H and O–H groups in total. The van der Waals surface area contributed by atoms with E-state index in [-0.39, 0.29) is 30.0 Å². The van der Waals surface area contributed by atoms with Crippen LogP contribution in [0.15, 0.2) is 66.9 Å². The molecule has 32 heavy (non-hydrogen) atoms. The van der Waals surface area contributed by atoms with Gasteiger partial charge in [-0.25, -0.2) is 9.78 Å². The van der Waals surface area contributed by atoms with Crippen LogP contribution in [0.4, 0.5) is 0 Å². The van der Waals surface area contributed by atoms with Crippen molar-refractivity contribution in [2.45, 2.75) is 38.6 Å². The molecule has 0 saturated carbocycles. The number of hydrogen-bond acceptors (Lipinski definition) is 5. The van der Waals surface area contributed by atoms with Crippen LogP contribution in [-0.2, 0) is 22.4 Å². The Hall–Kier alpha value is -3.67. The van der Waals surface area contributed by atoms with Crippen LogP contribution < -0.4 is 10.1 Å². The summed E-state index contributed by atoms with van der Waals surface area (Å²) in [5.74, 6) is -0.345. The molecule has 0 fully saturated rings. The summed E-state index contributed by atoms with van der Waals surface area (Å²) < 4.78 is 10.9. The van der Waals surface area contributed by atoms with Crippen molar-refractivity contribution in [3.8, 4) is 11.6 Å². The van der Waals surface area contributed by atoms with Crippen molar-refractivity contribution < 1.29 is 19.1 Å². The summed E-state index contributed by atoms with van der Waals surface area (Å²) in [7, 11) is 0. The first-order chi connectivity index (χ1) is 15.6. The predicted molar refractivity (Wildman–Crippen MR) is 121 cm³/mol. The quantitative estimate of drug-likeness (QED) is 0.546. The molecule has 0 radical (unpaired) electrons. The normalized spacial score (nSPS) is 13.5. The number of carbonyl (C=O) groups excluding carboxylic acids is 2. The lowest BCUT2D eigenvalue weighted by Gasteiger charge is -2.20. The lowest BCUT2D eigenvalue weighted by molar-refractivity contribution is -0.124. The van der Waals surface area contributed by atoms with Crippen LogP contribution in [0.5, 0.6) is 11.6 Å². The molecule has 4 rings (SSSR count). The van der Waals surface area contributed by atoms with Gasteiger partial charge in [-0.3, -0.25) is 4.79 Å². The Morgan fingerprint density at radius 3 is 2.59 bits per heavy atom. The molecule has 0 spiro atoms. The van der Waals surface area contributed by atoms with E-state index in [0.29, 0.717) is 5.75 Å². The monoisotopic (exact) mass is 430 g/mol. The third-order valence-electron chi connectivity index (χ3n) is 5.53. The van der Waals surface area contributed by atoms with Gasteiger partial charge in [0.2, 0.25) is 5.88 Å². The summed E-state index contributed by atoms with van der Waals surface area (Å²) in [6, 6.07) is 18.4. The number of fused-ring (bicyclic) bond motifs is 1. The number of amides is 1. The number of carbonyl (C=O) groups is 2. The molecule has 1 aliphatic rings. The van der Waals surface area contributed by atoms with E-state index >= 15 is 0 Å². The van der Waals surface area contributed by atoms with Crippen molar-refractivity contribution in [2.24, 2.45) is 0 Å². The number of esters is 1. The highest BCUT2D eigenvalue weighted by atomic mass is 16.5. The molecular formula is C26H26N2O4. The molecule has 0 bridgehead atoms. The molecule has 164 valence electrons. The van der Waals surface area contributed by atoms with E-state index in [9.17, 15) is 9.59 Å². The summed E-state index contributed by atoms with van der Waals surface area (Å²) in [5.41, 5.74) is 3.98. The Kier molecular flexibility index (Phi) is 6.80. The largest absolute Gasteiger partial charge is 0.452 e. The Balaban J connectivity index is 1.34. The molecule has 1 aromatic heterocycles. The molecule has 6 nitrogen and oxygen atoms in total. The average molecular weight is 431 g/mol. The van der Waals surface area contributed by atoms with E-state index in [1.54, 1.807) is 24.3 Å². The van der Waals surface area contributed by atoms with E-state index in [4.69, 9.17) is 9.47 Å². The number of ether oxygens (including phenoxy) is 2. The fourth-order valence-electron chi connectivity index (χ4n) is 3.83. The van der Waals surface area contributed by atoms with E-state index < -0.39 is 5.97 Å². The van der Waals surface area contributed by atoms with Crippen LogP contribution in [0, 0.1) is 0 Å². The summed E-state index contributed by atoms with van der Waals surface area (Å²) in [5, 5.41) is 2.90. The van der Waals surface area contributed by atoms with Crippen LogP contribution in [0.1, 0.15) is 52.9 Å². The Morgan fingerprint density at radius 2 is 1.78 bits per heavy atom. The van der Waals surface area contributed by atoms with Gasteiger partial charge in [-0.1, -0.05) is 36.4 Å². The Bertz CT molecular complexity index is 1100. The van der Waals surface area contributed by atoms with Crippen molar-refractivity contribution in [2.75, 3.05) is 6.61 Å². The van der Waals surface area contributed by atoms with Crippen LogP contribution >= 0.6 is 0 Å². The van der Waals surface area contributed by atoms with Gasteiger partial charge >= 0.3 is 5.97 Å². The summed E-state index contributed by atoms with van der Waals surface area (Å²) in [6.45, 7) is 1.55. The van der Waals surface area contributed by atoms with E-state index in [1.165, 1.54) is 30.2 Å². The molecule has 1 heterocycles. The predicted octanol–water partition coefficient (Wildman–Crippen LogP) is 4.79. The maximum Gasteiger partial charge on any atom is 0.344 e. The number of hydrogen-bond donors (Lipinski definition) is 1. The van der Waals surface area contributed by atoms with Crippen molar-refractivity contribution in [3.63, 3.8) is 0 Å². The van der Waals surface area contributed by atoms with Gasteiger partial charge in [0, 0.05) is 6.20 Å². The van der Waals surface area contributed by atoms with E-state index in [1.807, 2.05) is 25.1 Å². The zero-order chi connectivity index (χ0) is 22.3. The molecule has 1 atom stereocenters. The first-order valence-electron chi connectivity index (χ1n) is 10.9. The van der Waals surface area contributed by atoms with Gasteiger partial charge in [0.15, 0.2) is 6.61 Å². The standard InChI is InChI=1S/C26H26N2O4/c1-18(20-14-13-19-8-5-6-9-21(19)16-20)28-24(29)17-31-26(30)23-12-7-15-27-25(23)32-22-10-3-2-4-11-22/h2-4,7,10-16,18H,5-6,8-9,17H2,1H3,(H,28,29). The van der Waals surface area contributed by atoms with Gasteiger partial charge < -0.3 is 14.8 Å². The minimum Gasteiger partial charge on any atom is -0.452 e. The summed E-state index contributed by atoms with van der Waals surface area (Å²) >= 11 is 0. The van der Waals surface area contributed by atoms with Crippen LogP contribution in [0.2, 0.25) is 0 Å². The molecule has 3 aromatic rings. The van der Waals surface area contributed by atoms with Gasteiger partial charge in [-0.2, -0.15) is 0 Å². The maximum atomic E-state index is 12.6. The second-order valence-corrected chi connectivity index (χ2v) is 7.87. The SMILES string of the molecule is CC(NC(=O)COC(=O)c1cccnc1Oc1ccccc1)c1ccc2c(c1)CCCC2. The number of pyridine rings is 1. The summed E-state index contributed by atoms with van der Waals surface area (Å²) in [6.07, 6.45) is 6.18. The first kappa shape index (κ1) is 21.6. The molecule has 1 aliphatic carbocycles. The number of aryl methyl sites for hydroxylation is 2. The van der Waals surface area contributed by atoms with Crippen molar-refractivity contribution in [1.29, 1.82) is 0 Å². The molecule has 2 aromatic carbocycles. The van der Waals surface area contributed by atoms with Gasteiger partial charge in [0.25, 0.3) is 5.91 Å². The van der Waals surface area contributed by atoms with Crippen LogP contribution in [0.25, 0.3) is 0 Å². The smallest absolute Gasteiger partial charge is 0.344 e. The number of nitrogens with one attached hydrogen (secondary N) is 1. The molecule has 0 saturated heterocycles. The fraction of sp³-hybridized carbons (Fsp3) is 0.269. The highest BCUT2D eigenvalue weighted by Crippen LogP contribution is 2.25. The van der Waals surface area contributed by atoms with Crippen molar-refractivity contribution in [3.05, 3.63) is 89.1 Å². The first-order valence-corrected chi connectivity index (χ1v) is 10.9. The second-order valence-electron chi connectivity index (χ2n) is 7.87. The average Bonchev–Trinajstić information content (AvgIpc) is 2.83. The Morgan fingerprint density at radius 1 is 1.00 bits per heavy atom. The number of nitrogens with zero attached hydrogens (tertiary/aromatic N) is 1. The highest BCUT2D eigenvalue weighted by molar-refractivity contribution is 5.93. The third-order valence-corrected chi connectivity index (χ3v) is 5.53. The molecule has 1 unspecified atom stereocenters. The third kappa shape index (κ3) is 5.32. The van der Waals surface area contributed by atoms with Gasteiger partial charge in [0.1, 0.15) is 11.3 Å². The zero-order valence-electron chi connectivity index (χ0n) is 18.0. The van der Waals surface area contributed by atoms with Gasteiger partial charge in [-0.15, -0.1) is 0 Å². The highest BCUT2D eigenvalue weighted by Gasteiger charge is 2.19. The van der Waals surface area contributed by atoms with E-state index in [0.717, 1.165) is 18.4 Å². The molecule has 6 heteroatoms. The van der Waals surface area contributed by atoms with Crippen LogP contribution in [-0.4, -0.2) is 23.5 Å². The lowest BCUT2D eigenvalue weighted by Crippen LogP contribution is -2.31. The van der Waals surface area contributed by atoms with Gasteiger partial charge in [-0.05, 0) is 73.6 Å². The number of benzene rings is 2. The Labute approximate surface area is 187 Å². The van der Waals surface area contributed by atoms with Crippen LogP contribution in [0.3, 0.4) is 0 Å². The van der Waals surface area contributed by atoms with Crippen molar-refractivity contribution in [1.82, 2.24) is 10.3 Å². The zero-order valence-corrected chi connectivity index (χ0v) is 18.0. The van der Waals surface area contributed by atoms with Crippen molar-refractivity contribution >= 4 is 11.9 Å². The topological polar surface area (TPSA) is 77.5 Å². The second kappa shape index (κ2) is 10.1. The number of aromatic nitrogens is 1. The van der Waals surface area contributed by atoms with Gasteiger partial charge in [0.05, 0.1) is 6.04 Å². The fourth-order valence-corrected chi connectivity index (χ4v) is 3.83. The number of rotatable bonds is 7. The molecule has 0 aliphatic heterocycles. The van der Waals surface area contributed by atoms with E-state index in [2.05, 4.69) is 28.5 Å². The minimum absolute atomic E-state index is 0.131. The molecular weight excluding hydrogens is 404 g/mol.